The summed E-state index contributed by atoms with van der Waals surface area (Å²) < 4.78 is 19.2. The fraction of sp³-hybridized carbons (Fsp3) is 0.0769. The molecule has 0 saturated heterocycles. The number of hydrogen-bond donors (Lipinski definition) is 2. The molecule has 3 N–H and O–H groups in total. The summed E-state index contributed by atoms with van der Waals surface area (Å²) in [7, 11) is 0. The maximum Gasteiger partial charge on any atom is 0.269 e. The summed E-state index contributed by atoms with van der Waals surface area (Å²) >= 11 is 3.24. The predicted octanol–water partition coefficient (Wildman–Crippen LogP) is 3.36. The first-order valence-corrected chi connectivity index (χ1v) is 6.62. The fourth-order valence-corrected chi connectivity index (χ4v) is 2.06. The van der Waals surface area contributed by atoms with Crippen molar-refractivity contribution in [1.82, 2.24) is 0 Å². The molecule has 0 atom stereocenters. The number of rotatable bonds is 5. The highest BCUT2D eigenvalue weighted by Gasteiger charge is 2.12. The predicted molar refractivity (Wildman–Crippen MR) is 79.3 cm³/mol. The first-order chi connectivity index (χ1) is 10.0. The number of anilines is 1. The smallest absolute Gasteiger partial charge is 0.269 e. The Hall–Kier alpha value is -2.19. The third-order valence-corrected chi connectivity index (χ3v) is 3.39. The van der Waals surface area contributed by atoms with Gasteiger partial charge in [0.25, 0.3) is 5.69 Å². The second-order valence-electron chi connectivity index (χ2n) is 4.11. The van der Waals surface area contributed by atoms with Crippen LogP contribution in [0.15, 0.2) is 40.9 Å². The van der Waals surface area contributed by atoms with E-state index in [4.69, 9.17) is 10.6 Å². The van der Waals surface area contributed by atoms with Gasteiger partial charge in [-0.15, -0.1) is 0 Å². The van der Waals surface area contributed by atoms with E-state index in [1.54, 1.807) is 0 Å². The number of nitro benzene ring substituents is 1. The summed E-state index contributed by atoms with van der Waals surface area (Å²) in [6, 6.07) is 8.19. The molecule has 0 saturated carbocycles. The van der Waals surface area contributed by atoms with E-state index in [2.05, 4.69) is 21.4 Å². The number of nitrogen functional groups attached to an aromatic ring is 1. The number of halogens is 2. The summed E-state index contributed by atoms with van der Waals surface area (Å²) in [4.78, 5) is 10.3. The van der Waals surface area contributed by atoms with Crippen molar-refractivity contribution in [3.63, 3.8) is 0 Å². The number of nitro groups is 1. The van der Waals surface area contributed by atoms with Gasteiger partial charge >= 0.3 is 0 Å². The normalized spacial score (nSPS) is 10.2. The Bertz CT molecular complexity index is 682. The number of benzene rings is 2. The molecule has 0 heterocycles. The molecule has 110 valence electrons. The van der Waals surface area contributed by atoms with Crippen molar-refractivity contribution in [1.29, 1.82) is 0 Å². The fourth-order valence-electron chi connectivity index (χ4n) is 1.70. The third-order valence-electron chi connectivity index (χ3n) is 2.73. The molecule has 0 fully saturated rings. The molecule has 0 aliphatic rings. The van der Waals surface area contributed by atoms with Crippen LogP contribution < -0.4 is 16.0 Å². The zero-order chi connectivity index (χ0) is 15.4. The number of ether oxygens (including phenoxy) is 1. The Labute approximate surface area is 128 Å². The lowest BCUT2D eigenvalue weighted by molar-refractivity contribution is -0.384. The molecule has 0 bridgehead atoms. The van der Waals surface area contributed by atoms with Crippen LogP contribution in [0.3, 0.4) is 0 Å². The van der Waals surface area contributed by atoms with Crippen molar-refractivity contribution in [2.45, 2.75) is 6.61 Å². The van der Waals surface area contributed by atoms with E-state index < -0.39 is 10.7 Å². The molecule has 2 aromatic rings. The molecule has 21 heavy (non-hydrogen) atoms. The Kier molecular flexibility index (Phi) is 4.71. The Morgan fingerprint density at radius 3 is 2.76 bits per heavy atom. The van der Waals surface area contributed by atoms with Crippen LogP contribution in [-0.4, -0.2) is 4.92 Å². The molecule has 0 aliphatic carbocycles. The molecule has 0 spiro atoms. The molecule has 0 unspecified atom stereocenters. The highest BCUT2D eigenvalue weighted by Crippen LogP contribution is 2.28. The molecule has 2 aromatic carbocycles. The molecule has 6 nitrogen and oxygen atoms in total. The summed E-state index contributed by atoms with van der Waals surface area (Å²) in [5.74, 6) is 5.21. The quantitative estimate of drug-likeness (QED) is 0.487. The molecule has 0 amide bonds. The molecule has 0 aromatic heterocycles. The molecular weight excluding hydrogens is 345 g/mol. The summed E-state index contributed by atoms with van der Waals surface area (Å²) in [5.41, 5.74) is 3.34. The first-order valence-electron chi connectivity index (χ1n) is 5.83. The maximum absolute atomic E-state index is 13.2. The minimum atomic E-state index is -0.512. The van der Waals surface area contributed by atoms with Crippen LogP contribution in [-0.2, 0) is 6.61 Å². The zero-order valence-electron chi connectivity index (χ0n) is 10.7. The number of hydrazine groups is 1. The third kappa shape index (κ3) is 3.67. The van der Waals surface area contributed by atoms with Gasteiger partial charge in [0.15, 0.2) is 0 Å². The van der Waals surface area contributed by atoms with Gasteiger partial charge in [-0.1, -0.05) is 0 Å². The lowest BCUT2D eigenvalue weighted by atomic mass is 10.1. The molecule has 0 radical (unpaired) electrons. The lowest BCUT2D eigenvalue weighted by Gasteiger charge is -2.11. The number of hydrogen-bond acceptors (Lipinski definition) is 5. The van der Waals surface area contributed by atoms with Crippen molar-refractivity contribution in [2.24, 2.45) is 5.84 Å². The molecule has 0 aliphatic heterocycles. The van der Waals surface area contributed by atoms with E-state index >= 15 is 0 Å². The van der Waals surface area contributed by atoms with Crippen molar-refractivity contribution in [3.05, 3.63) is 62.4 Å². The highest BCUT2D eigenvalue weighted by molar-refractivity contribution is 9.10. The van der Waals surface area contributed by atoms with Crippen LogP contribution in [0.2, 0.25) is 0 Å². The maximum atomic E-state index is 13.2. The van der Waals surface area contributed by atoms with Crippen molar-refractivity contribution >= 4 is 27.3 Å². The minimum absolute atomic E-state index is 0.00324. The number of nitrogens with one attached hydrogen (secondary N) is 1. The average molecular weight is 356 g/mol. The van der Waals surface area contributed by atoms with E-state index in [1.807, 2.05) is 0 Å². The molecule has 8 heteroatoms. The van der Waals surface area contributed by atoms with Crippen LogP contribution in [0.25, 0.3) is 0 Å². The van der Waals surface area contributed by atoms with E-state index in [9.17, 15) is 14.5 Å². The summed E-state index contributed by atoms with van der Waals surface area (Å²) in [6.45, 7) is 0.00324. The molecule has 2 rings (SSSR count). The highest BCUT2D eigenvalue weighted by atomic mass is 79.9. The Morgan fingerprint density at radius 1 is 1.33 bits per heavy atom. The SMILES string of the molecule is NNc1ccc([N+](=O)[O-])cc1COc1cc(F)ccc1Br. The van der Waals surface area contributed by atoms with E-state index in [0.717, 1.165) is 0 Å². The van der Waals surface area contributed by atoms with Crippen LogP contribution in [0.1, 0.15) is 5.56 Å². The molecular formula is C13H11BrFN3O3. The number of nitrogens with zero attached hydrogens (tertiary/aromatic N) is 1. The van der Waals surface area contributed by atoms with Gasteiger partial charge in [0.05, 0.1) is 15.1 Å². The Morgan fingerprint density at radius 2 is 2.10 bits per heavy atom. The van der Waals surface area contributed by atoms with Crippen molar-refractivity contribution in [3.8, 4) is 5.75 Å². The van der Waals surface area contributed by atoms with Gasteiger partial charge in [-0.3, -0.25) is 16.0 Å². The van der Waals surface area contributed by atoms with Gasteiger partial charge in [0.2, 0.25) is 0 Å². The monoisotopic (exact) mass is 355 g/mol. The average Bonchev–Trinajstić information content (AvgIpc) is 2.47. The first kappa shape index (κ1) is 15.2. The van der Waals surface area contributed by atoms with E-state index in [-0.39, 0.29) is 12.3 Å². The standard InChI is InChI=1S/C13H11BrFN3O3/c14-11-3-1-9(15)6-13(11)21-7-8-5-10(18(19)20)2-4-12(8)17-16/h1-6,17H,7,16H2. The van der Waals surface area contributed by atoms with Crippen molar-refractivity contribution in [2.75, 3.05) is 5.43 Å². The Balaban J connectivity index is 2.24. The number of nitrogens with two attached hydrogens (primary N) is 1. The van der Waals surface area contributed by atoms with Crippen LogP contribution in [0.5, 0.6) is 5.75 Å². The second-order valence-corrected chi connectivity index (χ2v) is 4.96. The minimum Gasteiger partial charge on any atom is -0.488 e. The lowest BCUT2D eigenvalue weighted by Crippen LogP contribution is -2.11. The topological polar surface area (TPSA) is 90.4 Å². The van der Waals surface area contributed by atoms with Gasteiger partial charge in [-0.2, -0.15) is 0 Å². The number of non-ortho nitro benzene ring substituents is 1. The van der Waals surface area contributed by atoms with Crippen LogP contribution in [0, 0.1) is 15.9 Å². The van der Waals surface area contributed by atoms with E-state index in [1.165, 1.54) is 36.4 Å². The summed E-state index contributed by atoms with van der Waals surface area (Å²) in [5, 5.41) is 10.8. The summed E-state index contributed by atoms with van der Waals surface area (Å²) in [6.07, 6.45) is 0. The van der Waals surface area contributed by atoms with Gasteiger partial charge < -0.3 is 10.2 Å². The van der Waals surface area contributed by atoms with Gasteiger partial charge in [-0.25, -0.2) is 4.39 Å². The van der Waals surface area contributed by atoms with Gasteiger partial charge in [0, 0.05) is 23.8 Å². The van der Waals surface area contributed by atoms with Crippen LogP contribution >= 0.6 is 15.9 Å². The van der Waals surface area contributed by atoms with Gasteiger partial charge in [0.1, 0.15) is 18.2 Å². The van der Waals surface area contributed by atoms with Crippen molar-refractivity contribution < 1.29 is 14.1 Å². The van der Waals surface area contributed by atoms with E-state index in [0.29, 0.717) is 21.5 Å². The van der Waals surface area contributed by atoms with Crippen LogP contribution in [0.4, 0.5) is 15.8 Å². The van der Waals surface area contributed by atoms with Gasteiger partial charge in [-0.05, 0) is 34.1 Å². The second kappa shape index (κ2) is 6.51. The largest absolute Gasteiger partial charge is 0.488 e. The zero-order valence-corrected chi connectivity index (χ0v) is 12.3.